The fourth-order valence-electron chi connectivity index (χ4n) is 3.49. The summed E-state index contributed by atoms with van der Waals surface area (Å²) in [5, 5.41) is 9.58. The van der Waals surface area contributed by atoms with Crippen LogP contribution >= 0.6 is 0 Å². The number of nitrogens with zero attached hydrogens (tertiary/aromatic N) is 2. The lowest BCUT2D eigenvalue weighted by molar-refractivity contribution is 0.355. The predicted molar refractivity (Wildman–Crippen MR) is 85.4 cm³/mol. The molecule has 1 aliphatic carbocycles. The van der Waals surface area contributed by atoms with Crippen LogP contribution in [0.1, 0.15) is 32.6 Å². The first kappa shape index (κ1) is 14.3. The molecule has 4 nitrogen and oxygen atoms in total. The van der Waals surface area contributed by atoms with Gasteiger partial charge in [0.25, 0.3) is 5.56 Å². The van der Waals surface area contributed by atoms with Crippen LogP contribution in [-0.2, 0) is 6.54 Å². The summed E-state index contributed by atoms with van der Waals surface area (Å²) in [6.45, 7) is 3.90. The molecule has 1 aliphatic rings. The van der Waals surface area contributed by atoms with E-state index in [0.717, 1.165) is 30.3 Å². The molecule has 2 unspecified atom stereocenters. The van der Waals surface area contributed by atoms with Crippen molar-refractivity contribution in [2.75, 3.05) is 6.54 Å². The van der Waals surface area contributed by atoms with Crippen molar-refractivity contribution in [2.24, 2.45) is 5.92 Å². The highest BCUT2D eigenvalue weighted by molar-refractivity contribution is 5.80. The number of rotatable bonds is 5. The SMILES string of the molecule is CCNC1CCCC1CCn1ncc2ccccc2c1=O. The predicted octanol–water partition coefficient (Wildman–Crippen LogP) is 2.56. The number of hydrogen-bond donors (Lipinski definition) is 1. The van der Waals surface area contributed by atoms with Crippen molar-refractivity contribution in [1.29, 1.82) is 0 Å². The maximum Gasteiger partial charge on any atom is 0.274 e. The number of aromatic nitrogens is 2. The Hall–Kier alpha value is -1.68. The molecule has 1 fully saturated rings. The number of benzene rings is 1. The minimum absolute atomic E-state index is 0.0334. The first-order valence-electron chi connectivity index (χ1n) is 7.98. The van der Waals surface area contributed by atoms with Gasteiger partial charge in [-0.25, -0.2) is 4.68 Å². The second-order valence-corrected chi connectivity index (χ2v) is 5.90. The van der Waals surface area contributed by atoms with Crippen molar-refractivity contribution in [3.8, 4) is 0 Å². The summed E-state index contributed by atoms with van der Waals surface area (Å²) in [5.41, 5.74) is 0.0334. The zero-order chi connectivity index (χ0) is 14.7. The molecule has 3 rings (SSSR count). The standard InChI is InChI=1S/C17H23N3O/c1-2-18-16-9-5-7-13(16)10-11-20-17(21)15-8-4-3-6-14(15)12-19-20/h3-4,6,8,12-13,16,18H,2,5,7,9-11H2,1H3. The minimum Gasteiger partial charge on any atom is -0.314 e. The van der Waals surface area contributed by atoms with E-state index in [-0.39, 0.29) is 5.56 Å². The zero-order valence-electron chi connectivity index (χ0n) is 12.6. The molecule has 112 valence electrons. The number of nitrogens with one attached hydrogen (secondary N) is 1. The summed E-state index contributed by atoms with van der Waals surface area (Å²) < 4.78 is 1.63. The summed E-state index contributed by atoms with van der Waals surface area (Å²) in [4.78, 5) is 12.4. The first-order chi connectivity index (χ1) is 10.3. The van der Waals surface area contributed by atoms with Gasteiger partial charge < -0.3 is 5.32 Å². The Morgan fingerprint density at radius 1 is 1.33 bits per heavy atom. The summed E-state index contributed by atoms with van der Waals surface area (Å²) >= 11 is 0. The lowest BCUT2D eigenvalue weighted by Gasteiger charge is -2.20. The van der Waals surface area contributed by atoms with Gasteiger partial charge >= 0.3 is 0 Å². The molecule has 2 aromatic rings. The fourth-order valence-corrected chi connectivity index (χ4v) is 3.49. The van der Waals surface area contributed by atoms with Crippen LogP contribution in [0.4, 0.5) is 0 Å². The molecule has 0 bridgehead atoms. The lowest BCUT2D eigenvalue weighted by Crippen LogP contribution is -2.33. The normalized spacial score (nSPS) is 22.0. The van der Waals surface area contributed by atoms with E-state index in [1.165, 1.54) is 19.3 Å². The van der Waals surface area contributed by atoms with Gasteiger partial charge in [0.2, 0.25) is 0 Å². The van der Waals surface area contributed by atoms with Gasteiger partial charge in [-0.2, -0.15) is 5.10 Å². The van der Waals surface area contributed by atoms with Crippen LogP contribution in [0.5, 0.6) is 0 Å². The van der Waals surface area contributed by atoms with E-state index in [1.807, 2.05) is 24.3 Å². The third-order valence-corrected chi connectivity index (χ3v) is 4.60. The molecule has 0 aliphatic heterocycles. The van der Waals surface area contributed by atoms with Crippen LogP contribution in [0.15, 0.2) is 35.3 Å². The molecule has 0 amide bonds. The number of fused-ring (bicyclic) bond motifs is 1. The van der Waals surface area contributed by atoms with Gasteiger partial charge in [0.15, 0.2) is 0 Å². The second kappa shape index (κ2) is 6.39. The second-order valence-electron chi connectivity index (χ2n) is 5.90. The van der Waals surface area contributed by atoms with Crippen molar-refractivity contribution in [3.63, 3.8) is 0 Å². The van der Waals surface area contributed by atoms with Crippen molar-refractivity contribution in [2.45, 2.75) is 45.2 Å². The zero-order valence-corrected chi connectivity index (χ0v) is 12.6. The Kier molecular flexibility index (Phi) is 4.34. The Morgan fingerprint density at radius 3 is 3.05 bits per heavy atom. The van der Waals surface area contributed by atoms with Gasteiger partial charge in [-0.15, -0.1) is 0 Å². The van der Waals surface area contributed by atoms with Crippen LogP contribution < -0.4 is 10.9 Å². The highest BCUT2D eigenvalue weighted by Crippen LogP contribution is 2.28. The molecular formula is C17H23N3O. The van der Waals surface area contributed by atoms with Crippen molar-refractivity contribution in [1.82, 2.24) is 15.1 Å². The van der Waals surface area contributed by atoms with Gasteiger partial charge in [-0.1, -0.05) is 31.5 Å². The summed E-state index contributed by atoms with van der Waals surface area (Å²) in [5.74, 6) is 0.671. The molecule has 0 radical (unpaired) electrons. The molecule has 0 spiro atoms. The molecule has 2 atom stereocenters. The molecule has 1 heterocycles. The fraction of sp³-hybridized carbons (Fsp3) is 0.529. The third-order valence-electron chi connectivity index (χ3n) is 4.60. The highest BCUT2D eigenvalue weighted by Gasteiger charge is 2.26. The van der Waals surface area contributed by atoms with E-state index in [2.05, 4.69) is 17.3 Å². The van der Waals surface area contributed by atoms with Crippen LogP contribution in [0.3, 0.4) is 0 Å². The molecule has 4 heteroatoms. The van der Waals surface area contributed by atoms with E-state index < -0.39 is 0 Å². The first-order valence-corrected chi connectivity index (χ1v) is 7.98. The van der Waals surface area contributed by atoms with Gasteiger partial charge in [0, 0.05) is 18.0 Å². The van der Waals surface area contributed by atoms with E-state index in [4.69, 9.17) is 0 Å². The van der Waals surface area contributed by atoms with Crippen molar-refractivity contribution in [3.05, 3.63) is 40.8 Å². The van der Waals surface area contributed by atoms with E-state index in [1.54, 1.807) is 10.9 Å². The lowest BCUT2D eigenvalue weighted by atomic mass is 9.99. The van der Waals surface area contributed by atoms with Gasteiger partial charge in [-0.05, 0) is 37.8 Å². The van der Waals surface area contributed by atoms with Crippen molar-refractivity contribution < 1.29 is 0 Å². The Morgan fingerprint density at radius 2 is 2.19 bits per heavy atom. The Bertz CT molecular complexity index is 664. The van der Waals surface area contributed by atoms with Crippen molar-refractivity contribution >= 4 is 10.8 Å². The summed E-state index contributed by atoms with van der Waals surface area (Å²) in [6, 6.07) is 8.28. The van der Waals surface area contributed by atoms with E-state index in [0.29, 0.717) is 12.0 Å². The number of aryl methyl sites for hydroxylation is 1. The summed E-state index contributed by atoms with van der Waals surface area (Å²) in [6.07, 6.45) is 6.65. The topological polar surface area (TPSA) is 46.9 Å². The Balaban J connectivity index is 1.73. The van der Waals surface area contributed by atoms with E-state index in [9.17, 15) is 4.79 Å². The molecule has 1 aromatic heterocycles. The molecule has 0 saturated heterocycles. The molecule has 21 heavy (non-hydrogen) atoms. The maximum absolute atomic E-state index is 12.4. The van der Waals surface area contributed by atoms with E-state index >= 15 is 0 Å². The third kappa shape index (κ3) is 3.00. The highest BCUT2D eigenvalue weighted by atomic mass is 16.1. The van der Waals surface area contributed by atoms with Gasteiger partial charge in [-0.3, -0.25) is 4.79 Å². The van der Waals surface area contributed by atoms with Crippen LogP contribution in [0, 0.1) is 5.92 Å². The summed E-state index contributed by atoms with van der Waals surface area (Å²) in [7, 11) is 0. The van der Waals surface area contributed by atoms with Crippen LogP contribution in [0.25, 0.3) is 10.8 Å². The van der Waals surface area contributed by atoms with Crippen LogP contribution in [0.2, 0.25) is 0 Å². The maximum atomic E-state index is 12.4. The Labute approximate surface area is 125 Å². The minimum atomic E-state index is 0.0334. The monoisotopic (exact) mass is 285 g/mol. The molecule has 1 N–H and O–H groups in total. The molecule has 1 aromatic carbocycles. The average Bonchev–Trinajstić information content (AvgIpc) is 2.95. The quantitative estimate of drug-likeness (QED) is 0.918. The van der Waals surface area contributed by atoms with Crippen LogP contribution in [-0.4, -0.2) is 22.4 Å². The van der Waals surface area contributed by atoms with Gasteiger partial charge in [0.05, 0.1) is 11.6 Å². The molecule has 1 saturated carbocycles. The number of hydrogen-bond acceptors (Lipinski definition) is 3. The average molecular weight is 285 g/mol. The smallest absolute Gasteiger partial charge is 0.274 e. The largest absolute Gasteiger partial charge is 0.314 e. The molecular weight excluding hydrogens is 262 g/mol. The van der Waals surface area contributed by atoms with Gasteiger partial charge in [0.1, 0.15) is 0 Å².